The molecule has 4 nitrogen and oxygen atoms in total. The Balaban J connectivity index is 1.64. The van der Waals surface area contributed by atoms with E-state index in [1.165, 1.54) is 12.1 Å². The molecule has 3 aromatic carbocycles. The molecule has 0 saturated heterocycles. The molecule has 0 spiro atoms. The summed E-state index contributed by atoms with van der Waals surface area (Å²) in [7, 11) is 1.59. The Hall–Kier alpha value is -2.89. The number of aliphatic hydroxyl groups is 1. The average Bonchev–Trinajstić information content (AvgIpc) is 2.74. The lowest BCUT2D eigenvalue weighted by Crippen LogP contribution is -2.21. The zero-order valence-electron chi connectivity index (χ0n) is 15.8. The third kappa shape index (κ3) is 5.31. The van der Waals surface area contributed by atoms with Gasteiger partial charge in [-0.25, -0.2) is 4.39 Å². The zero-order valence-corrected chi connectivity index (χ0v) is 15.8. The maximum Gasteiger partial charge on any atom is 0.166 e. The van der Waals surface area contributed by atoms with E-state index in [9.17, 15) is 9.50 Å². The van der Waals surface area contributed by atoms with Crippen molar-refractivity contribution in [3.05, 3.63) is 95.3 Å². The van der Waals surface area contributed by atoms with Crippen molar-refractivity contribution in [3.63, 3.8) is 0 Å². The summed E-state index contributed by atoms with van der Waals surface area (Å²) >= 11 is 0. The molecule has 0 fully saturated rings. The van der Waals surface area contributed by atoms with Crippen LogP contribution in [0, 0.1) is 5.82 Å². The zero-order chi connectivity index (χ0) is 19.8. The maximum atomic E-state index is 13.1. The molecule has 28 heavy (non-hydrogen) atoms. The summed E-state index contributed by atoms with van der Waals surface area (Å²) in [5.74, 6) is 0.990. The average molecular weight is 381 g/mol. The fourth-order valence-electron chi connectivity index (χ4n) is 2.90. The number of hydrogen-bond acceptors (Lipinski definition) is 4. The number of halogens is 1. The van der Waals surface area contributed by atoms with Gasteiger partial charge >= 0.3 is 0 Å². The van der Waals surface area contributed by atoms with E-state index in [2.05, 4.69) is 5.32 Å². The van der Waals surface area contributed by atoms with Gasteiger partial charge in [-0.2, -0.15) is 0 Å². The quantitative estimate of drug-likeness (QED) is 0.582. The van der Waals surface area contributed by atoms with Gasteiger partial charge in [-0.15, -0.1) is 0 Å². The molecule has 3 rings (SSSR count). The maximum absolute atomic E-state index is 13.1. The summed E-state index contributed by atoms with van der Waals surface area (Å²) < 4.78 is 24.5. The largest absolute Gasteiger partial charge is 0.493 e. The third-order valence-corrected chi connectivity index (χ3v) is 4.41. The van der Waals surface area contributed by atoms with Gasteiger partial charge in [0.05, 0.1) is 13.2 Å². The third-order valence-electron chi connectivity index (χ3n) is 4.41. The number of nitrogens with one attached hydrogen (secondary N) is 1. The van der Waals surface area contributed by atoms with Gasteiger partial charge in [-0.05, 0) is 29.3 Å². The minimum atomic E-state index is -0.588. The highest BCUT2D eigenvalue weighted by Crippen LogP contribution is 2.32. The van der Waals surface area contributed by atoms with E-state index in [4.69, 9.17) is 9.47 Å². The van der Waals surface area contributed by atoms with Gasteiger partial charge in [-0.3, -0.25) is 0 Å². The summed E-state index contributed by atoms with van der Waals surface area (Å²) in [6, 6.07) is 21.4. The fourth-order valence-corrected chi connectivity index (χ4v) is 2.90. The first-order chi connectivity index (χ1) is 13.7. The summed E-state index contributed by atoms with van der Waals surface area (Å²) in [5, 5.41) is 13.6. The molecule has 0 bridgehead atoms. The van der Waals surface area contributed by atoms with Crippen LogP contribution in [0.3, 0.4) is 0 Å². The minimum Gasteiger partial charge on any atom is -0.493 e. The molecule has 0 heterocycles. The molecule has 5 heteroatoms. The van der Waals surface area contributed by atoms with Gasteiger partial charge in [0.1, 0.15) is 12.4 Å². The molecule has 0 amide bonds. The molecule has 3 aromatic rings. The number of ether oxygens (including phenoxy) is 2. The Morgan fingerprint density at radius 2 is 1.71 bits per heavy atom. The van der Waals surface area contributed by atoms with Gasteiger partial charge in [0.15, 0.2) is 11.5 Å². The second-order valence-electron chi connectivity index (χ2n) is 6.42. The van der Waals surface area contributed by atoms with Gasteiger partial charge < -0.3 is 19.9 Å². The Morgan fingerprint density at radius 3 is 2.43 bits per heavy atom. The van der Waals surface area contributed by atoms with Gasteiger partial charge in [0, 0.05) is 18.7 Å². The van der Waals surface area contributed by atoms with E-state index in [1.807, 2.05) is 48.5 Å². The first-order valence-corrected chi connectivity index (χ1v) is 9.14. The van der Waals surface area contributed by atoms with Crippen molar-refractivity contribution in [1.29, 1.82) is 0 Å². The molecule has 1 atom stereocenters. The molecule has 0 aromatic heterocycles. The molecule has 0 aliphatic carbocycles. The van der Waals surface area contributed by atoms with Crippen LogP contribution >= 0.6 is 0 Å². The first-order valence-electron chi connectivity index (χ1n) is 9.14. The van der Waals surface area contributed by atoms with Crippen molar-refractivity contribution in [3.8, 4) is 11.5 Å². The number of methoxy groups -OCH3 is 1. The van der Waals surface area contributed by atoms with E-state index in [0.29, 0.717) is 31.2 Å². The standard InChI is InChI=1S/C23H24FNO3/c1-27-22-9-5-8-19(14-25-15-21(26)18-6-3-2-4-7-18)23(22)28-16-17-10-12-20(24)13-11-17/h2-13,21,25-26H,14-16H2,1H3/t21-/m1/s1. The molecule has 0 aliphatic rings. The van der Waals surface area contributed by atoms with Crippen molar-refractivity contribution in [1.82, 2.24) is 5.32 Å². The summed E-state index contributed by atoms with van der Waals surface area (Å²) in [5.41, 5.74) is 2.65. The molecule has 0 aliphatic heterocycles. The Morgan fingerprint density at radius 1 is 0.964 bits per heavy atom. The Kier molecular flexibility index (Phi) is 7.00. The number of rotatable bonds is 9. The highest BCUT2D eigenvalue weighted by molar-refractivity contribution is 5.46. The van der Waals surface area contributed by atoms with Crippen molar-refractivity contribution >= 4 is 0 Å². The van der Waals surface area contributed by atoms with Crippen LogP contribution in [0.4, 0.5) is 4.39 Å². The van der Waals surface area contributed by atoms with Gasteiger partial charge in [0.25, 0.3) is 0 Å². The molecular weight excluding hydrogens is 357 g/mol. The molecular formula is C23H24FNO3. The van der Waals surface area contributed by atoms with Crippen LogP contribution < -0.4 is 14.8 Å². The van der Waals surface area contributed by atoms with Crippen LogP contribution in [0.5, 0.6) is 11.5 Å². The summed E-state index contributed by atoms with van der Waals surface area (Å²) in [4.78, 5) is 0. The first kappa shape index (κ1) is 19.9. The number of aliphatic hydroxyl groups excluding tert-OH is 1. The SMILES string of the molecule is COc1cccc(CNC[C@@H](O)c2ccccc2)c1OCc1ccc(F)cc1. The van der Waals surface area contributed by atoms with Crippen LogP contribution in [0.25, 0.3) is 0 Å². The van der Waals surface area contributed by atoms with Crippen LogP contribution in [0.2, 0.25) is 0 Å². The van der Waals surface area contributed by atoms with E-state index in [-0.39, 0.29) is 5.82 Å². The molecule has 0 unspecified atom stereocenters. The molecule has 0 radical (unpaired) electrons. The summed E-state index contributed by atoms with van der Waals surface area (Å²) in [6.07, 6.45) is -0.588. The highest BCUT2D eigenvalue weighted by atomic mass is 19.1. The topological polar surface area (TPSA) is 50.7 Å². The van der Waals surface area contributed by atoms with E-state index < -0.39 is 6.10 Å². The summed E-state index contributed by atoms with van der Waals surface area (Å²) in [6.45, 7) is 1.23. The van der Waals surface area contributed by atoms with Crippen LogP contribution in [0.15, 0.2) is 72.8 Å². The van der Waals surface area contributed by atoms with Gasteiger partial charge in [-0.1, -0.05) is 54.6 Å². The Labute approximate surface area is 164 Å². The lowest BCUT2D eigenvalue weighted by molar-refractivity contribution is 0.174. The van der Waals surface area contributed by atoms with E-state index in [0.717, 1.165) is 16.7 Å². The van der Waals surface area contributed by atoms with Crippen molar-refractivity contribution in [2.24, 2.45) is 0 Å². The molecule has 2 N–H and O–H groups in total. The number of benzene rings is 3. The van der Waals surface area contributed by atoms with Crippen LogP contribution in [-0.4, -0.2) is 18.8 Å². The minimum absolute atomic E-state index is 0.275. The van der Waals surface area contributed by atoms with E-state index >= 15 is 0 Å². The van der Waals surface area contributed by atoms with Crippen LogP contribution in [0.1, 0.15) is 22.8 Å². The lowest BCUT2D eigenvalue weighted by Gasteiger charge is -2.17. The van der Waals surface area contributed by atoms with Crippen LogP contribution in [-0.2, 0) is 13.2 Å². The molecule has 146 valence electrons. The fraction of sp³-hybridized carbons (Fsp3) is 0.217. The van der Waals surface area contributed by atoms with Gasteiger partial charge in [0.2, 0.25) is 0 Å². The monoisotopic (exact) mass is 381 g/mol. The predicted molar refractivity (Wildman–Crippen MR) is 107 cm³/mol. The normalized spacial score (nSPS) is 11.8. The molecule has 0 saturated carbocycles. The second kappa shape index (κ2) is 9.88. The highest BCUT2D eigenvalue weighted by Gasteiger charge is 2.12. The number of para-hydroxylation sites is 1. The predicted octanol–water partition coefficient (Wildman–Crippen LogP) is 4.24. The lowest BCUT2D eigenvalue weighted by atomic mass is 10.1. The van der Waals surface area contributed by atoms with Crippen molar-refractivity contribution < 1.29 is 19.0 Å². The Bertz CT molecular complexity index is 869. The van der Waals surface area contributed by atoms with Crippen molar-refractivity contribution in [2.75, 3.05) is 13.7 Å². The number of hydrogen-bond donors (Lipinski definition) is 2. The smallest absolute Gasteiger partial charge is 0.166 e. The van der Waals surface area contributed by atoms with Crippen molar-refractivity contribution in [2.45, 2.75) is 19.3 Å². The second-order valence-corrected chi connectivity index (χ2v) is 6.42. The van der Waals surface area contributed by atoms with E-state index in [1.54, 1.807) is 19.2 Å².